The van der Waals surface area contributed by atoms with E-state index in [-0.39, 0.29) is 11.1 Å². The number of amides is 1. The van der Waals surface area contributed by atoms with E-state index >= 15 is 0 Å². The first-order valence-electron chi connectivity index (χ1n) is 8.49. The largest absolute Gasteiger partial charge is 0.383 e. The Hall–Kier alpha value is -3.31. The fourth-order valence-electron chi connectivity index (χ4n) is 2.90. The lowest BCUT2D eigenvalue weighted by Crippen LogP contribution is -2.10. The zero-order valence-electron chi connectivity index (χ0n) is 14.4. The Morgan fingerprint density at radius 3 is 1.78 bits per heavy atom. The van der Waals surface area contributed by atoms with Gasteiger partial charge in [0.25, 0.3) is 0 Å². The molecule has 4 nitrogen and oxygen atoms in total. The molecule has 1 aliphatic rings. The van der Waals surface area contributed by atoms with Crippen molar-refractivity contribution in [2.45, 2.75) is 0 Å². The van der Waals surface area contributed by atoms with Crippen LogP contribution in [0.25, 0.3) is 6.08 Å². The van der Waals surface area contributed by atoms with Gasteiger partial charge in [-0.25, -0.2) is 0 Å². The fraction of sp³-hybridized carbons (Fsp3) is 0. The molecule has 132 valence electrons. The van der Waals surface area contributed by atoms with Crippen LogP contribution in [0.5, 0.6) is 0 Å². The molecule has 5 heteroatoms. The molecule has 0 bridgehead atoms. The molecule has 2 N–H and O–H groups in total. The maximum Gasteiger partial charge on any atom is 0.311 e. The Morgan fingerprint density at radius 1 is 0.778 bits per heavy atom. The number of amidine groups is 1. The Kier molecular flexibility index (Phi) is 4.77. The van der Waals surface area contributed by atoms with Gasteiger partial charge in [-0.1, -0.05) is 48.5 Å². The van der Waals surface area contributed by atoms with Crippen molar-refractivity contribution in [3.8, 4) is 0 Å². The minimum absolute atomic E-state index is 0.269. The molecule has 0 saturated carbocycles. The molecule has 1 aliphatic heterocycles. The average Bonchev–Trinajstić information content (AvgIpc) is 3.02. The number of anilines is 3. The summed E-state index contributed by atoms with van der Waals surface area (Å²) in [5, 5.41) is -0.269. The molecule has 0 radical (unpaired) electrons. The van der Waals surface area contributed by atoms with Gasteiger partial charge in [-0.05, 0) is 59.8 Å². The Morgan fingerprint density at radius 2 is 1.30 bits per heavy atom. The standard InChI is InChI=1S/C22H17N3OS/c23-21-20(27-22(26)24-21)15-16-11-13-19(14-12-16)25(17-7-3-1-4-8-17)18-9-5-2-6-10-18/h1-15H,(H2,23,24,26)/b20-15-. The lowest BCUT2D eigenvalue weighted by Gasteiger charge is -2.25. The van der Waals surface area contributed by atoms with Crippen molar-refractivity contribution in [1.29, 1.82) is 0 Å². The van der Waals surface area contributed by atoms with E-state index in [1.807, 2.05) is 54.6 Å². The number of hydrogen-bond donors (Lipinski definition) is 1. The van der Waals surface area contributed by atoms with Gasteiger partial charge in [0.2, 0.25) is 0 Å². The number of rotatable bonds is 4. The van der Waals surface area contributed by atoms with E-state index in [1.165, 1.54) is 0 Å². The van der Waals surface area contributed by atoms with Crippen LogP contribution in [-0.2, 0) is 0 Å². The van der Waals surface area contributed by atoms with Gasteiger partial charge in [0.05, 0.1) is 4.91 Å². The summed E-state index contributed by atoms with van der Waals surface area (Å²) >= 11 is 1.06. The highest BCUT2D eigenvalue weighted by atomic mass is 32.2. The first-order valence-corrected chi connectivity index (χ1v) is 9.31. The Balaban J connectivity index is 1.69. The van der Waals surface area contributed by atoms with E-state index in [4.69, 9.17) is 5.73 Å². The van der Waals surface area contributed by atoms with Crippen LogP contribution in [0.2, 0.25) is 0 Å². The normalized spacial score (nSPS) is 15.0. The Bertz CT molecular complexity index is 973. The maximum absolute atomic E-state index is 11.4. The summed E-state index contributed by atoms with van der Waals surface area (Å²) in [4.78, 5) is 18.0. The molecule has 0 spiro atoms. The number of benzene rings is 3. The summed E-state index contributed by atoms with van der Waals surface area (Å²) in [7, 11) is 0. The number of thioether (sulfide) groups is 1. The van der Waals surface area contributed by atoms with Crippen LogP contribution in [0.15, 0.2) is 94.8 Å². The molecule has 0 saturated heterocycles. The van der Waals surface area contributed by atoms with Crippen LogP contribution in [0.1, 0.15) is 5.56 Å². The second kappa shape index (κ2) is 7.51. The summed E-state index contributed by atoms with van der Waals surface area (Å²) in [6, 6.07) is 28.6. The second-order valence-electron chi connectivity index (χ2n) is 5.97. The third-order valence-corrected chi connectivity index (χ3v) is 4.95. The van der Waals surface area contributed by atoms with Gasteiger partial charge in [0.1, 0.15) is 5.84 Å². The Labute approximate surface area is 162 Å². The summed E-state index contributed by atoms with van der Waals surface area (Å²) in [6.45, 7) is 0. The van der Waals surface area contributed by atoms with Crippen molar-refractivity contribution in [1.82, 2.24) is 0 Å². The SMILES string of the molecule is NC1=NC(=O)S/C1=C\c1ccc(N(c2ccccc2)c2ccccc2)cc1. The van der Waals surface area contributed by atoms with Crippen LogP contribution in [0.3, 0.4) is 0 Å². The van der Waals surface area contributed by atoms with E-state index < -0.39 is 0 Å². The highest BCUT2D eigenvalue weighted by Crippen LogP contribution is 2.34. The molecule has 1 amide bonds. The van der Waals surface area contributed by atoms with Gasteiger partial charge in [-0.15, -0.1) is 0 Å². The smallest absolute Gasteiger partial charge is 0.311 e. The minimum Gasteiger partial charge on any atom is -0.383 e. The van der Waals surface area contributed by atoms with Crippen molar-refractivity contribution in [3.05, 3.63) is 95.4 Å². The number of aliphatic imine (C=N–C) groups is 1. The topological polar surface area (TPSA) is 58.7 Å². The van der Waals surface area contributed by atoms with E-state index in [9.17, 15) is 4.79 Å². The van der Waals surface area contributed by atoms with Crippen LogP contribution >= 0.6 is 11.8 Å². The van der Waals surface area contributed by atoms with Gasteiger partial charge in [0, 0.05) is 17.1 Å². The lowest BCUT2D eigenvalue weighted by atomic mass is 10.1. The predicted molar refractivity (Wildman–Crippen MR) is 114 cm³/mol. The molecule has 3 aromatic rings. The van der Waals surface area contributed by atoms with Crippen LogP contribution in [0, 0.1) is 0 Å². The number of hydrogen-bond acceptors (Lipinski definition) is 4. The van der Waals surface area contributed by atoms with Gasteiger partial charge in [0.15, 0.2) is 0 Å². The average molecular weight is 371 g/mol. The molecule has 0 unspecified atom stereocenters. The monoisotopic (exact) mass is 371 g/mol. The second-order valence-corrected chi connectivity index (χ2v) is 6.96. The third-order valence-electron chi connectivity index (χ3n) is 4.14. The number of nitrogens with zero attached hydrogens (tertiary/aromatic N) is 2. The zero-order chi connectivity index (χ0) is 18.6. The number of nitrogens with two attached hydrogens (primary N) is 1. The van der Waals surface area contributed by atoms with E-state index in [0.29, 0.717) is 4.91 Å². The molecule has 3 aromatic carbocycles. The van der Waals surface area contributed by atoms with Crippen molar-refractivity contribution in [2.24, 2.45) is 10.7 Å². The van der Waals surface area contributed by atoms with Crippen molar-refractivity contribution >= 4 is 46.0 Å². The third kappa shape index (κ3) is 3.78. The van der Waals surface area contributed by atoms with E-state index in [0.717, 1.165) is 34.4 Å². The molecular weight excluding hydrogens is 354 g/mol. The van der Waals surface area contributed by atoms with Crippen LogP contribution in [-0.4, -0.2) is 11.1 Å². The molecule has 1 heterocycles. The number of carbonyl (C=O) groups excluding carboxylic acids is 1. The molecule has 0 fully saturated rings. The number of para-hydroxylation sites is 2. The summed E-state index contributed by atoms with van der Waals surface area (Å²) in [6.07, 6.45) is 1.88. The predicted octanol–water partition coefficient (Wildman–Crippen LogP) is 5.72. The van der Waals surface area contributed by atoms with Crippen molar-refractivity contribution in [2.75, 3.05) is 4.90 Å². The molecule has 0 aliphatic carbocycles. The number of carbonyl (C=O) groups is 1. The summed E-state index contributed by atoms with van der Waals surface area (Å²) < 4.78 is 0. The van der Waals surface area contributed by atoms with E-state index in [2.05, 4.69) is 46.3 Å². The highest BCUT2D eigenvalue weighted by Gasteiger charge is 2.18. The zero-order valence-corrected chi connectivity index (χ0v) is 15.3. The van der Waals surface area contributed by atoms with Gasteiger partial charge < -0.3 is 10.6 Å². The maximum atomic E-state index is 11.4. The van der Waals surface area contributed by atoms with Crippen molar-refractivity contribution < 1.29 is 4.79 Å². The van der Waals surface area contributed by atoms with E-state index in [1.54, 1.807) is 0 Å². The molecule has 0 aromatic heterocycles. The van der Waals surface area contributed by atoms with Crippen LogP contribution in [0.4, 0.5) is 21.9 Å². The first-order chi connectivity index (χ1) is 13.2. The summed E-state index contributed by atoms with van der Waals surface area (Å²) in [5.41, 5.74) is 9.97. The minimum atomic E-state index is -0.269. The quantitative estimate of drug-likeness (QED) is 0.637. The first kappa shape index (κ1) is 17.1. The van der Waals surface area contributed by atoms with Gasteiger partial charge >= 0.3 is 5.24 Å². The fourth-order valence-corrected chi connectivity index (χ4v) is 3.58. The molecule has 4 rings (SSSR count). The molecule has 0 atom stereocenters. The lowest BCUT2D eigenvalue weighted by molar-refractivity contribution is 0.268. The molecule has 27 heavy (non-hydrogen) atoms. The van der Waals surface area contributed by atoms with Crippen LogP contribution < -0.4 is 10.6 Å². The van der Waals surface area contributed by atoms with Gasteiger partial charge in [-0.2, -0.15) is 4.99 Å². The summed E-state index contributed by atoms with van der Waals surface area (Å²) in [5.74, 6) is 0.282. The van der Waals surface area contributed by atoms with Gasteiger partial charge in [-0.3, -0.25) is 4.79 Å². The van der Waals surface area contributed by atoms with Crippen molar-refractivity contribution in [3.63, 3.8) is 0 Å². The highest BCUT2D eigenvalue weighted by molar-refractivity contribution is 8.18. The molecular formula is C22H17N3OS.